The molecule has 0 amide bonds. The topological polar surface area (TPSA) is 33.6 Å². The zero-order valence-corrected chi connectivity index (χ0v) is 30.5. The maximum Gasteiger partial charge on any atom is 0.0991 e. The minimum Gasteiger partial charge on any atom is -0.313 e. The van der Waals surface area contributed by atoms with Crippen LogP contribution in [0.1, 0.15) is 59.8 Å². The number of nitrogens with zero attached hydrogens (tertiary/aromatic N) is 3. The van der Waals surface area contributed by atoms with Gasteiger partial charge in [-0.2, -0.15) is 5.26 Å². The first kappa shape index (κ1) is 32.1. The van der Waals surface area contributed by atoms with Crippen LogP contribution in [0.4, 0.5) is 0 Å². The number of fused-ring (bicyclic) bond motifs is 6. The summed E-state index contributed by atoms with van der Waals surface area (Å²) < 4.78 is 4.90. The summed E-state index contributed by atoms with van der Waals surface area (Å²) in [5.74, 6) is 0.739. The van der Waals surface area contributed by atoms with E-state index in [1.165, 1.54) is 83.4 Å². The number of hydrogen-bond donors (Lipinski definition) is 0. The standard InChI is InChI=1S/C51H39N3/c1-33-10-8-16-44-46-30-40(45-31-47-43-15-6-7-17-48(43)53(50(47)28-34(45)2)41-23-18-35(32-52)19-24-41)22-27-49(46)54(51(33)44)42-25-20-37(21-26-42)39-14-9-13-38(29-39)36-11-4-3-5-12-36/h3-9,11-27,29-31,33-34H,10,28H2,1-2H3. The molecule has 0 fully saturated rings. The molecule has 6 aromatic carbocycles. The van der Waals surface area contributed by atoms with Crippen molar-refractivity contribution in [1.29, 1.82) is 5.26 Å². The maximum absolute atomic E-state index is 9.42. The van der Waals surface area contributed by atoms with Gasteiger partial charge >= 0.3 is 0 Å². The van der Waals surface area contributed by atoms with Crippen LogP contribution < -0.4 is 0 Å². The van der Waals surface area contributed by atoms with Crippen LogP contribution in [0.2, 0.25) is 0 Å². The third-order valence-electron chi connectivity index (χ3n) is 11.6. The monoisotopic (exact) mass is 693 g/mol. The van der Waals surface area contributed by atoms with E-state index in [0.29, 0.717) is 17.4 Å². The molecule has 0 radical (unpaired) electrons. The average molecular weight is 694 g/mol. The summed E-state index contributed by atoms with van der Waals surface area (Å²) in [6.45, 7) is 4.72. The summed E-state index contributed by atoms with van der Waals surface area (Å²) in [5.41, 5.74) is 18.4. The van der Waals surface area contributed by atoms with Gasteiger partial charge in [0.15, 0.2) is 0 Å². The van der Waals surface area contributed by atoms with Gasteiger partial charge in [0.25, 0.3) is 0 Å². The number of hydrogen-bond acceptors (Lipinski definition) is 1. The molecule has 0 saturated heterocycles. The Balaban J connectivity index is 1.06. The van der Waals surface area contributed by atoms with Crippen molar-refractivity contribution in [3.05, 3.63) is 185 Å². The summed E-state index contributed by atoms with van der Waals surface area (Å²) in [5, 5.41) is 12.0. The second-order valence-electron chi connectivity index (χ2n) is 15.0. The van der Waals surface area contributed by atoms with E-state index >= 15 is 0 Å². The van der Waals surface area contributed by atoms with E-state index in [1.54, 1.807) is 0 Å². The number of nitriles is 1. The molecular formula is C51H39N3. The summed E-state index contributed by atoms with van der Waals surface area (Å²) in [6.07, 6.45) is 9.11. The summed E-state index contributed by atoms with van der Waals surface area (Å²) >= 11 is 0. The molecular weight excluding hydrogens is 655 g/mol. The molecule has 0 bridgehead atoms. The molecule has 2 unspecified atom stereocenters. The highest BCUT2D eigenvalue weighted by atomic mass is 15.0. The highest BCUT2D eigenvalue weighted by Gasteiger charge is 2.28. The maximum atomic E-state index is 9.42. The Morgan fingerprint density at radius 1 is 0.556 bits per heavy atom. The van der Waals surface area contributed by atoms with Crippen LogP contribution in [0.3, 0.4) is 0 Å². The molecule has 10 rings (SSSR count). The largest absolute Gasteiger partial charge is 0.313 e. The van der Waals surface area contributed by atoms with E-state index < -0.39 is 0 Å². The Morgan fingerprint density at radius 2 is 1.20 bits per heavy atom. The van der Waals surface area contributed by atoms with E-state index in [9.17, 15) is 5.26 Å². The van der Waals surface area contributed by atoms with Crippen molar-refractivity contribution in [2.45, 2.75) is 32.6 Å². The number of para-hydroxylation sites is 1. The molecule has 2 aromatic heterocycles. The first-order valence-corrected chi connectivity index (χ1v) is 19.0. The molecule has 2 aliphatic rings. The van der Waals surface area contributed by atoms with Crippen LogP contribution in [0, 0.1) is 17.2 Å². The van der Waals surface area contributed by atoms with Crippen LogP contribution >= 0.6 is 0 Å². The van der Waals surface area contributed by atoms with Crippen molar-refractivity contribution in [3.63, 3.8) is 0 Å². The summed E-state index contributed by atoms with van der Waals surface area (Å²) in [7, 11) is 0. The number of aromatic nitrogens is 2. The predicted molar refractivity (Wildman–Crippen MR) is 225 cm³/mol. The molecule has 0 saturated carbocycles. The molecule has 258 valence electrons. The third kappa shape index (κ3) is 5.18. The van der Waals surface area contributed by atoms with Crippen molar-refractivity contribution in [1.82, 2.24) is 9.13 Å². The van der Waals surface area contributed by atoms with Crippen LogP contribution in [-0.4, -0.2) is 9.13 Å². The molecule has 54 heavy (non-hydrogen) atoms. The van der Waals surface area contributed by atoms with Gasteiger partial charge in [0, 0.05) is 50.6 Å². The van der Waals surface area contributed by atoms with Gasteiger partial charge in [-0.1, -0.05) is 111 Å². The fourth-order valence-electron chi connectivity index (χ4n) is 8.99. The molecule has 0 aliphatic heterocycles. The van der Waals surface area contributed by atoms with Crippen molar-refractivity contribution < 1.29 is 0 Å². The first-order chi connectivity index (χ1) is 26.6. The first-order valence-electron chi connectivity index (χ1n) is 19.0. The molecule has 0 spiro atoms. The van der Waals surface area contributed by atoms with E-state index in [-0.39, 0.29) is 0 Å². The van der Waals surface area contributed by atoms with E-state index in [2.05, 4.69) is 181 Å². The molecule has 2 atom stereocenters. The van der Waals surface area contributed by atoms with Gasteiger partial charge in [-0.3, -0.25) is 0 Å². The second-order valence-corrected chi connectivity index (χ2v) is 15.0. The second kappa shape index (κ2) is 12.8. The highest BCUT2D eigenvalue weighted by molar-refractivity contribution is 6.01. The van der Waals surface area contributed by atoms with E-state index in [0.717, 1.165) is 18.5 Å². The van der Waals surface area contributed by atoms with Gasteiger partial charge < -0.3 is 9.13 Å². The summed E-state index contributed by atoms with van der Waals surface area (Å²) in [4.78, 5) is 0. The van der Waals surface area contributed by atoms with E-state index in [1.807, 2.05) is 12.1 Å². The van der Waals surface area contributed by atoms with Gasteiger partial charge in [0.05, 0.1) is 22.7 Å². The lowest BCUT2D eigenvalue weighted by molar-refractivity contribution is 0.708. The van der Waals surface area contributed by atoms with Crippen LogP contribution in [0.15, 0.2) is 152 Å². The molecule has 8 aromatic rings. The molecule has 2 heterocycles. The zero-order chi connectivity index (χ0) is 36.3. The fourth-order valence-corrected chi connectivity index (χ4v) is 8.99. The van der Waals surface area contributed by atoms with Gasteiger partial charge in [-0.15, -0.1) is 0 Å². The van der Waals surface area contributed by atoms with Gasteiger partial charge in [0.1, 0.15) is 0 Å². The Labute approximate surface area is 316 Å². The lowest BCUT2D eigenvalue weighted by atomic mass is 9.83. The lowest BCUT2D eigenvalue weighted by Crippen LogP contribution is -2.12. The van der Waals surface area contributed by atoms with Gasteiger partial charge in [0.2, 0.25) is 0 Å². The minimum absolute atomic E-state index is 0.330. The Kier molecular flexibility index (Phi) is 7.60. The Hall–Kier alpha value is -6.63. The van der Waals surface area contributed by atoms with Crippen molar-refractivity contribution in [2.24, 2.45) is 5.92 Å². The minimum atomic E-state index is 0.330. The third-order valence-corrected chi connectivity index (χ3v) is 11.6. The van der Waals surface area contributed by atoms with Crippen LogP contribution in [0.25, 0.3) is 73.2 Å². The van der Waals surface area contributed by atoms with Crippen molar-refractivity contribution in [2.75, 3.05) is 0 Å². The molecule has 0 N–H and O–H groups in total. The normalized spacial score (nSPS) is 16.2. The predicted octanol–water partition coefficient (Wildman–Crippen LogP) is 13.0. The number of rotatable bonds is 5. The van der Waals surface area contributed by atoms with Crippen LogP contribution in [-0.2, 0) is 6.42 Å². The van der Waals surface area contributed by atoms with Crippen LogP contribution in [0.5, 0.6) is 0 Å². The quantitative estimate of drug-likeness (QED) is 0.177. The Bertz CT molecular complexity index is 2840. The number of benzene rings is 6. The number of allylic oxidation sites excluding steroid dienone is 2. The van der Waals surface area contributed by atoms with Gasteiger partial charge in [-0.25, -0.2) is 0 Å². The molecule has 2 aliphatic carbocycles. The van der Waals surface area contributed by atoms with Crippen molar-refractivity contribution in [3.8, 4) is 39.7 Å². The lowest BCUT2D eigenvalue weighted by Gasteiger charge is -2.24. The SMILES string of the molecule is CC1Cc2c(c3ccccc3n2-c2ccc(C#N)cc2)C=C1c1ccc2c(c1)c1c(n2-c2ccc(-c3cccc(-c4ccccc4)c3)cc2)C(C)CC=C1. The average Bonchev–Trinajstić information content (AvgIpc) is 3.73. The Morgan fingerprint density at radius 3 is 1.98 bits per heavy atom. The molecule has 3 nitrogen and oxygen atoms in total. The van der Waals surface area contributed by atoms with Crippen molar-refractivity contribution >= 4 is 39.5 Å². The zero-order valence-electron chi connectivity index (χ0n) is 30.5. The smallest absolute Gasteiger partial charge is 0.0991 e. The summed E-state index contributed by atoms with van der Waals surface area (Å²) in [6, 6.07) is 54.7. The highest BCUT2D eigenvalue weighted by Crippen LogP contribution is 2.44. The molecule has 3 heteroatoms. The van der Waals surface area contributed by atoms with E-state index in [4.69, 9.17) is 0 Å². The fraction of sp³-hybridized carbons (Fsp3) is 0.118. The van der Waals surface area contributed by atoms with Gasteiger partial charge in [-0.05, 0) is 119 Å².